The second kappa shape index (κ2) is 6.54. The number of methoxy groups -OCH3 is 1. The minimum absolute atomic E-state index is 0.0290. The molecule has 0 radical (unpaired) electrons. The van der Waals surface area contributed by atoms with E-state index in [1.165, 1.54) is 13.2 Å². The van der Waals surface area contributed by atoms with Gasteiger partial charge in [-0.1, -0.05) is 6.07 Å². The summed E-state index contributed by atoms with van der Waals surface area (Å²) >= 11 is 0. The van der Waals surface area contributed by atoms with Crippen LogP contribution in [0, 0.1) is 5.82 Å². The number of aromatic nitrogens is 1. The van der Waals surface area contributed by atoms with E-state index >= 15 is 0 Å². The molecule has 1 heterocycles. The lowest BCUT2D eigenvalue weighted by molar-refractivity contribution is 0.241. The maximum Gasteiger partial charge on any atom is 0.138 e. The van der Waals surface area contributed by atoms with Crippen LogP contribution in [-0.4, -0.2) is 18.2 Å². The fraction of sp³-hybridized carbons (Fsp3) is 0.312. The summed E-state index contributed by atoms with van der Waals surface area (Å²) in [6, 6.07) is 5.72. The van der Waals surface area contributed by atoms with Crippen LogP contribution >= 0.6 is 0 Å². The maximum absolute atomic E-state index is 14.1. The zero-order valence-corrected chi connectivity index (χ0v) is 12.3. The Bertz CT molecular complexity index is 617. The van der Waals surface area contributed by atoms with Crippen LogP contribution in [0.1, 0.15) is 31.0 Å². The van der Waals surface area contributed by atoms with E-state index in [0.29, 0.717) is 22.6 Å². The Labute approximate surface area is 123 Å². The zero-order valence-electron chi connectivity index (χ0n) is 12.3. The van der Waals surface area contributed by atoms with Crippen molar-refractivity contribution >= 4 is 0 Å². The third kappa shape index (κ3) is 3.49. The summed E-state index contributed by atoms with van der Waals surface area (Å²) in [5.41, 5.74) is 7.15. The number of ether oxygens (including phenoxy) is 2. The van der Waals surface area contributed by atoms with E-state index < -0.39 is 11.9 Å². The number of benzene rings is 1. The number of nitrogens with zero attached hydrogens (tertiary/aromatic N) is 1. The highest BCUT2D eigenvalue weighted by Gasteiger charge is 2.19. The second-order valence-electron chi connectivity index (χ2n) is 4.95. The van der Waals surface area contributed by atoms with Gasteiger partial charge in [-0.2, -0.15) is 0 Å². The van der Waals surface area contributed by atoms with Gasteiger partial charge in [-0.25, -0.2) is 4.39 Å². The van der Waals surface area contributed by atoms with Gasteiger partial charge in [0.2, 0.25) is 0 Å². The molecule has 0 saturated heterocycles. The van der Waals surface area contributed by atoms with Crippen LogP contribution in [0.2, 0.25) is 0 Å². The maximum atomic E-state index is 14.1. The van der Waals surface area contributed by atoms with Gasteiger partial charge < -0.3 is 15.2 Å². The molecule has 21 heavy (non-hydrogen) atoms. The van der Waals surface area contributed by atoms with Crippen LogP contribution in [0.25, 0.3) is 0 Å². The highest BCUT2D eigenvalue weighted by Crippen LogP contribution is 2.31. The zero-order chi connectivity index (χ0) is 15.4. The predicted octanol–water partition coefficient (Wildman–Crippen LogP) is 3.06. The molecule has 0 fully saturated rings. The molecule has 1 aromatic carbocycles. The second-order valence-corrected chi connectivity index (χ2v) is 4.95. The normalized spacial score (nSPS) is 12.3. The standard InChI is InChI=1S/C16H19FN2O2/c1-10(2)21-12-7-11(8-19-9-12)16(18)15-13(17)5-4-6-14(15)20-3/h4-10,16H,18H2,1-3H3. The Hall–Kier alpha value is -2.14. The number of pyridine rings is 1. The van der Waals surface area contributed by atoms with Crippen molar-refractivity contribution < 1.29 is 13.9 Å². The van der Waals surface area contributed by atoms with E-state index in [1.54, 1.807) is 30.6 Å². The summed E-state index contributed by atoms with van der Waals surface area (Å²) in [7, 11) is 1.49. The van der Waals surface area contributed by atoms with E-state index in [9.17, 15) is 4.39 Å². The summed E-state index contributed by atoms with van der Waals surface area (Å²) in [6.07, 6.45) is 3.24. The molecule has 2 aromatic rings. The largest absolute Gasteiger partial charge is 0.496 e. The average molecular weight is 290 g/mol. The smallest absolute Gasteiger partial charge is 0.138 e. The molecule has 1 unspecified atom stereocenters. The molecular weight excluding hydrogens is 271 g/mol. The van der Waals surface area contributed by atoms with Crippen molar-refractivity contribution in [1.29, 1.82) is 0 Å². The van der Waals surface area contributed by atoms with Crippen LogP contribution in [0.5, 0.6) is 11.5 Å². The van der Waals surface area contributed by atoms with Gasteiger partial charge in [0, 0.05) is 6.20 Å². The first-order valence-electron chi connectivity index (χ1n) is 6.72. The summed E-state index contributed by atoms with van der Waals surface area (Å²) < 4.78 is 24.8. The highest BCUT2D eigenvalue weighted by molar-refractivity contribution is 5.42. The van der Waals surface area contributed by atoms with E-state index in [0.717, 1.165) is 0 Å². The molecular formula is C16H19FN2O2. The van der Waals surface area contributed by atoms with E-state index in [-0.39, 0.29) is 6.10 Å². The summed E-state index contributed by atoms with van der Waals surface area (Å²) in [4.78, 5) is 4.10. The number of hydrogen-bond acceptors (Lipinski definition) is 4. The van der Waals surface area contributed by atoms with Gasteiger partial charge in [0.15, 0.2) is 0 Å². The van der Waals surface area contributed by atoms with E-state index in [4.69, 9.17) is 15.2 Å². The van der Waals surface area contributed by atoms with Crippen LogP contribution in [0.3, 0.4) is 0 Å². The molecule has 1 aromatic heterocycles. The molecule has 1 atom stereocenters. The minimum atomic E-state index is -0.677. The molecule has 5 heteroatoms. The third-order valence-corrected chi connectivity index (χ3v) is 3.01. The molecule has 0 saturated carbocycles. The van der Waals surface area contributed by atoms with Gasteiger partial charge in [-0.15, -0.1) is 0 Å². The predicted molar refractivity (Wildman–Crippen MR) is 79.0 cm³/mol. The van der Waals surface area contributed by atoms with Gasteiger partial charge in [0.1, 0.15) is 17.3 Å². The van der Waals surface area contributed by atoms with Crippen molar-refractivity contribution in [2.24, 2.45) is 5.73 Å². The van der Waals surface area contributed by atoms with Crippen LogP contribution in [-0.2, 0) is 0 Å². The molecule has 0 aliphatic rings. The van der Waals surface area contributed by atoms with Gasteiger partial charge in [0.25, 0.3) is 0 Å². The molecule has 0 spiro atoms. The van der Waals surface area contributed by atoms with Crippen LogP contribution < -0.4 is 15.2 Å². The highest BCUT2D eigenvalue weighted by atomic mass is 19.1. The van der Waals surface area contributed by atoms with Crippen molar-refractivity contribution in [3.8, 4) is 11.5 Å². The molecule has 0 aliphatic carbocycles. The van der Waals surface area contributed by atoms with E-state index in [1.807, 2.05) is 13.8 Å². The van der Waals surface area contributed by atoms with Crippen molar-refractivity contribution in [3.05, 3.63) is 53.6 Å². The van der Waals surface area contributed by atoms with Gasteiger partial charge >= 0.3 is 0 Å². The number of halogens is 1. The van der Waals surface area contributed by atoms with Gasteiger partial charge in [-0.3, -0.25) is 4.98 Å². The fourth-order valence-electron chi connectivity index (χ4n) is 2.11. The van der Waals surface area contributed by atoms with Crippen LogP contribution in [0.4, 0.5) is 4.39 Å². The first-order valence-corrected chi connectivity index (χ1v) is 6.72. The van der Waals surface area contributed by atoms with Crippen molar-refractivity contribution in [3.63, 3.8) is 0 Å². The molecule has 0 bridgehead atoms. The van der Waals surface area contributed by atoms with Crippen molar-refractivity contribution in [2.45, 2.75) is 26.0 Å². The first kappa shape index (κ1) is 15.3. The summed E-state index contributed by atoms with van der Waals surface area (Å²) in [5, 5.41) is 0. The monoisotopic (exact) mass is 290 g/mol. The molecule has 2 N–H and O–H groups in total. The SMILES string of the molecule is COc1cccc(F)c1C(N)c1cncc(OC(C)C)c1. The lowest BCUT2D eigenvalue weighted by atomic mass is 9.99. The quantitative estimate of drug-likeness (QED) is 0.919. The van der Waals surface area contributed by atoms with Crippen molar-refractivity contribution in [1.82, 2.24) is 4.98 Å². The Morgan fingerprint density at radius 3 is 2.67 bits per heavy atom. The third-order valence-electron chi connectivity index (χ3n) is 3.01. The minimum Gasteiger partial charge on any atom is -0.496 e. The Morgan fingerprint density at radius 2 is 2.00 bits per heavy atom. The Kier molecular flexibility index (Phi) is 4.75. The molecule has 0 amide bonds. The van der Waals surface area contributed by atoms with Crippen LogP contribution in [0.15, 0.2) is 36.7 Å². The number of hydrogen-bond donors (Lipinski definition) is 1. The summed E-state index contributed by atoms with van der Waals surface area (Å²) in [6.45, 7) is 3.85. The number of rotatable bonds is 5. The number of nitrogens with two attached hydrogens (primary N) is 1. The van der Waals surface area contributed by atoms with Crippen molar-refractivity contribution in [2.75, 3.05) is 7.11 Å². The lowest BCUT2D eigenvalue weighted by Gasteiger charge is -2.18. The topological polar surface area (TPSA) is 57.4 Å². The Morgan fingerprint density at radius 1 is 1.24 bits per heavy atom. The molecule has 112 valence electrons. The van der Waals surface area contributed by atoms with Gasteiger partial charge in [0.05, 0.1) is 31.0 Å². The molecule has 2 rings (SSSR count). The summed E-state index contributed by atoms with van der Waals surface area (Å²) in [5.74, 6) is 0.614. The van der Waals surface area contributed by atoms with Gasteiger partial charge in [-0.05, 0) is 37.6 Å². The lowest BCUT2D eigenvalue weighted by Crippen LogP contribution is -2.16. The molecule has 4 nitrogen and oxygen atoms in total. The molecule has 0 aliphatic heterocycles. The fourth-order valence-corrected chi connectivity index (χ4v) is 2.11. The average Bonchev–Trinajstić information content (AvgIpc) is 2.45. The van der Waals surface area contributed by atoms with E-state index in [2.05, 4.69) is 4.98 Å². The first-order chi connectivity index (χ1) is 10.0. The Balaban J connectivity index is 2.38.